The fraction of sp³-hybridized carbons (Fsp3) is 0.600. The van der Waals surface area contributed by atoms with Crippen molar-refractivity contribution >= 4 is 11.8 Å². The van der Waals surface area contributed by atoms with Crippen molar-refractivity contribution in [3.8, 4) is 12.3 Å². The van der Waals surface area contributed by atoms with E-state index in [1.807, 2.05) is 6.92 Å². The molecular weight excluding hydrogens is 180 g/mol. The Morgan fingerprint density at radius 3 is 2.93 bits per heavy atom. The lowest BCUT2D eigenvalue weighted by molar-refractivity contribution is -0.147. The Bertz CT molecular complexity index is 293. The van der Waals surface area contributed by atoms with Gasteiger partial charge in [-0.25, -0.2) is 0 Å². The highest BCUT2D eigenvalue weighted by molar-refractivity contribution is 5.94. The van der Waals surface area contributed by atoms with Gasteiger partial charge in [0.05, 0.1) is 6.54 Å². The molecule has 1 N–H and O–H groups in total. The van der Waals surface area contributed by atoms with Crippen molar-refractivity contribution in [1.29, 1.82) is 0 Å². The number of nitrogens with one attached hydrogen (secondary N) is 1. The minimum Gasteiger partial charge on any atom is -0.345 e. The molecule has 1 aliphatic heterocycles. The van der Waals surface area contributed by atoms with Crippen LogP contribution in [0.25, 0.3) is 0 Å². The van der Waals surface area contributed by atoms with Crippen LogP contribution in [0.15, 0.2) is 0 Å². The summed E-state index contributed by atoms with van der Waals surface area (Å²) in [6, 6.07) is -0.492. The predicted molar refractivity (Wildman–Crippen MR) is 52.2 cm³/mol. The normalized spacial score (nSPS) is 24.1. The van der Waals surface area contributed by atoms with E-state index < -0.39 is 6.04 Å². The van der Waals surface area contributed by atoms with Gasteiger partial charge in [-0.15, -0.1) is 12.3 Å². The van der Waals surface area contributed by atoms with Gasteiger partial charge < -0.3 is 10.2 Å². The number of terminal acetylenes is 1. The third-order valence-electron chi connectivity index (χ3n) is 2.39. The van der Waals surface area contributed by atoms with E-state index in [-0.39, 0.29) is 24.4 Å². The quantitative estimate of drug-likeness (QED) is 0.616. The standard InChI is InChI=1S/C10H14N2O2/c1-4-5-7(2)12-8(3)10(14)11-6-9(12)13/h1,7-8H,5-6H2,2-3H3,(H,11,14). The number of hydrogen-bond acceptors (Lipinski definition) is 2. The van der Waals surface area contributed by atoms with Crippen molar-refractivity contribution in [2.75, 3.05) is 6.54 Å². The smallest absolute Gasteiger partial charge is 0.242 e. The van der Waals surface area contributed by atoms with Gasteiger partial charge in [0.25, 0.3) is 0 Å². The van der Waals surface area contributed by atoms with Crippen LogP contribution in [0.4, 0.5) is 0 Å². The lowest BCUT2D eigenvalue weighted by atomic mass is 10.1. The molecule has 4 heteroatoms. The first-order valence-electron chi connectivity index (χ1n) is 4.60. The summed E-state index contributed by atoms with van der Waals surface area (Å²) in [4.78, 5) is 24.4. The third kappa shape index (κ3) is 1.87. The number of nitrogens with zero attached hydrogens (tertiary/aromatic N) is 1. The molecule has 0 aromatic carbocycles. The van der Waals surface area contributed by atoms with Crippen LogP contribution in [0.5, 0.6) is 0 Å². The van der Waals surface area contributed by atoms with Crippen LogP contribution in [-0.2, 0) is 9.59 Å². The summed E-state index contributed by atoms with van der Waals surface area (Å²) < 4.78 is 0. The highest BCUT2D eigenvalue weighted by Gasteiger charge is 2.33. The Balaban J connectivity index is 2.77. The van der Waals surface area contributed by atoms with E-state index in [0.29, 0.717) is 6.42 Å². The van der Waals surface area contributed by atoms with Crippen molar-refractivity contribution in [3.63, 3.8) is 0 Å². The highest BCUT2D eigenvalue weighted by atomic mass is 16.2. The maximum Gasteiger partial charge on any atom is 0.242 e. The van der Waals surface area contributed by atoms with Crippen molar-refractivity contribution in [3.05, 3.63) is 0 Å². The summed E-state index contributed by atoms with van der Waals surface area (Å²) in [6.07, 6.45) is 5.65. The molecule has 0 bridgehead atoms. The second-order valence-electron chi connectivity index (χ2n) is 3.45. The first-order valence-corrected chi connectivity index (χ1v) is 4.60. The monoisotopic (exact) mass is 194 g/mol. The topological polar surface area (TPSA) is 49.4 Å². The second-order valence-corrected chi connectivity index (χ2v) is 3.45. The van der Waals surface area contributed by atoms with Gasteiger partial charge in [-0.2, -0.15) is 0 Å². The second kappa shape index (κ2) is 4.14. The van der Waals surface area contributed by atoms with E-state index in [2.05, 4.69) is 11.2 Å². The molecule has 76 valence electrons. The molecule has 0 radical (unpaired) electrons. The van der Waals surface area contributed by atoms with Gasteiger partial charge in [0.1, 0.15) is 6.04 Å². The van der Waals surface area contributed by atoms with E-state index in [1.165, 1.54) is 0 Å². The summed E-state index contributed by atoms with van der Waals surface area (Å²) in [5.74, 6) is 2.31. The molecular formula is C10H14N2O2. The molecule has 0 saturated carbocycles. The van der Waals surface area contributed by atoms with Gasteiger partial charge in [-0.1, -0.05) is 0 Å². The van der Waals surface area contributed by atoms with Crippen molar-refractivity contribution in [1.82, 2.24) is 10.2 Å². The maximum absolute atomic E-state index is 11.5. The van der Waals surface area contributed by atoms with E-state index in [1.54, 1.807) is 11.8 Å². The summed E-state index contributed by atoms with van der Waals surface area (Å²) in [7, 11) is 0. The predicted octanol–water partition coefficient (Wildman–Crippen LogP) is -0.255. The molecule has 4 nitrogen and oxygen atoms in total. The molecule has 1 rings (SSSR count). The molecule has 1 aliphatic rings. The molecule has 2 atom stereocenters. The maximum atomic E-state index is 11.5. The van der Waals surface area contributed by atoms with Crippen LogP contribution in [-0.4, -0.2) is 35.3 Å². The van der Waals surface area contributed by atoms with Crippen LogP contribution in [0.3, 0.4) is 0 Å². The van der Waals surface area contributed by atoms with Crippen LogP contribution in [0.2, 0.25) is 0 Å². The Kier molecular flexibility index (Phi) is 3.13. The van der Waals surface area contributed by atoms with E-state index >= 15 is 0 Å². The largest absolute Gasteiger partial charge is 0.345 e. The first-order chi connectivity index (χ1) is 6.57. The number of carbonyl (C=O) groups excluding carboxylic acids is 2. The Morgan fingerprint density at radius 1 is 1.71 bits per heavy atom. The van der Waals surface area contributed by atoms with Crippen molar-refractivity contribution < 1.29 is 9.59 Å². The van der Waals surface area contributed by atoms with E-state index in [0.717, 1.165) is 0 Å². The minimum atomic E-state index is -0.417. The average molecular weight is 194 g/mol. The molecule has 2 unspecified atom stereocenters. The lowest BCUT2D eigenvalue weighted by Crippen LogP contribution is -2.59. The molecule has 0 aliphatic carbocycles. The van der Waals surface area contributed by atoms with Gasteiger partial charge in [0, 0.05) is 12.5 Å². The van der Waals surface area contributed by atoms with E-state index in [4.69, 9.17) is 6.42 Å². The van der Waals surface area contributed by atoms with Crippen molar-refractivity contribution in [2.45, 2.75) is 32.4 Å². The van der Waals surface area contributed by atoms with Crippen LogP contribution in [0, 0.1) is 12.3 Å². The molecule has 0 aromatic heterocycles. The zero-order valence-electron chi connectivity index (χ0n) is 8.41. The van der Waals surface area contributed by atoms with Crippen LogP contribution in [0.1, 0.15) is 20.3 Å². The number of hydrogen-bond donors (Lipinski definition) is 1. The SMILES string of the molecule is C#CCC(C)N1C(=O)CNC(=O)C1C. The van der Waals surface area contributed by atoms with Gasteiger partial charge in [0.15, 0.2) is 0 Å². The number of piperazine rings is 1. The van der Waals surface area contributed by atoms with Gasteiger partial charge in [-0.05, 0) is 13.8 Å². The molecule has 2 amide bonds. The average Bonchev–Trinajstić information content (AvgIpc) is 2.13. The Hall–Kier alpha value is -1.50. The van der Waals surface area contributed by atoms with Gasteiger partial charge in [0.2, 0.25) is 11.8 Å². The number of amides is 2. The lowest BCUT2D eigenvalue weighted by Gasteiger charge is -2.36. The minimum absolute atomic E-state index is 0.0696. The zero-order valence-corrected chi connectivity index (χ0v) is 8.41. The summed E-state index contributed by atoms with van der Waals surface area (Å²) in [5, 5.41) is 2.53. The highest BCUT2D eigenvalue weighted by Crippen LogP contribution is 2.12. The van der Waals surface area contributed by atoms with Crippen LogP contribution >= 0.6 is 0 Å². The third-order valence-corrected chi connectivity index (χ3v) is 2.39. The van der Waals surface area contributed by atoms with Gasteiger partial charge in [-0.3, -0.25) is 9.59 Å². The summed E-state index contributed by atoms with van der Waals surface area (Å²) in [6.45, 7) is 3.64. The Labute approximate surface area is 83.6 Å². The zero-order chi connectivity index (χ0) is 10.7. The fourth-order valence-electron chi connectivity index (χ4n) is 1.64. The molecule has 14 heavy (non-hydrogen) atoms. The van der Waals surface area contributed by atoms with Gasteiger partial charge >= 0.3 is 0 Å². The summed E-state index contributed by atoms with van der Waals surface area (Å²) >= 11 is 0. The van der Waals surface area contributed by atoms with E-state index in [9.17, 15) is 9.59 Å². The number of carbonyl (C=O) groups is 2. The van der Waals surface area contributed by atoms with Crippen molar-refractivity contribution in [2.24, 2.45) is 0 Å². The molecule has 0 spiro atoms. The van der Waals surface area contributed by atoms with Crippen LogP contribution < -0.4 is 5.32 Å². The number of rotatable bonds is 2. The fourth-order valence-corrected chi connectivity index (χ4v) is 1.64. The first kappa shape index (κ1) is 10.6. The molecule has 1 saturated heterocycles. The molecule has 1 heterocycles. The summed E-state index contributed by atoms with van der Waals surface area (Å²) in [5.41, 5.74) is 0. The Morgan fingerprint density at radius 2 is 2.36 bits per heavy atom. The molecule has 1 fully saturated rings. The molecule has 0 aromatic rings.